The van der Waals surface area contributed by atoms with Crippen LogP contribution in [0.1, 0.15) is 15.9 Å². The van der Waals surface area contributed by atoms with Crippen LogP contribution in [-0.4, -0.2) is 18.6 Å². The molecule has 0 bridgehead atoms. The fourth-order valence-corrected chi connectivity index (χ4v) is 3.87. The van der Waals surface area contributed by atoms with E-state index in [1.54, 1.807) is 24.3 Å². The van der Waals surface area contributed by atoms with E-state index in [-0.39, 0.29) is 17.0 Å². The van der Waals surface area contributed by atoms with Crippen molar-refractivity contribution in [2.45, 2.75) is 11.4 Å². The average molecular weight is 308 g/mol. The highest BCUT2D eigenvalue weighted by Gasteiger charge is 2.41. The first-order valence-corrected chi connectivity index (χ1v) is 7.72. The predicted molar refractivity (Wildman–Crippen MR) is 75.0 cm³/mol. The Morgan fingerprint density at radius 3 is 2.45 bits per heavy atom. The molecular weight excluding hydrogens is 298 g/mol. The monoisotopic (exact) mass is 307 g/mol. The van der Waals surface area contributed by atoms with Gasteiger partial charge in [0.25, 0.3) is 15.9 Å². The van der Waals surface area contributed by atoms with Crippen LogP contribution in [0.3, 0.4) is 0 Å². The Morgan fingerprint density at radius 2 is 1.75 bits per heavy atom. The highest BCUT2D eigenvalue weighted by atomic mass is 35.5. The van der Waals surface area contributed by atoms with Crippen LogP contribution in [0, 0.1) is 0 Å². The number of amides is 1. The highest BCUT2D eigenvalue weighted by Crippen LogP contribution is 2.33. The summed E-state index contributed by atoms with van der Waals surface area (Å²) in [6.45, 7) is 0.0221. The first-order chi connectivity index (χ1) is 9.50. The molecule has 1 aliphatic rings. The molecule has 0 N–H and O–H groups in total. The molecule has 1 aliphatic heterocycles. The number of nitrogens with zero attached hydrogens (tertiary/aromatic N) is 1. The summed E-state index contributed by atoms with van der Waals surface area (Å²) in [6, 6.07) is 13.2. The number of hydrogen-bond acceptors (Lipinski definition) is 3. The Balaban J connectivity index is 2.05. The maximum absolute atomic E-state index is 12.4. The molecule has 20 heavy (non-hydrogen) atoms. The number of benzene rings is 2. The van der Waals surface area contributed by atoms with Gasteiger partial charge in [0.15, 0.2) is 0 Å². The van der Waals surface area contributed by atoms with Crippen molar-refractivity contribution in [2.24, 2.45) is 0 Å². The third kappa shape index (κ3) is 1.99. The van der Waals surface area contributed by atoms with Gasteiger partial charge in [0.2, 0.25) is 0 Å². The maximum Gasteiger partial charge on any atom is 0.269 e. The molecular formula is C14H10ClNO3S. The predicted octanol–water partition coefficient (Wildman–Crippen LogP) is 2.68. The van der Waals surface area contributed by atoms with Crippen LogP contribution >= 0.6 is 11.6 Å². The number of rotatable bonds is 2. The van der Waals surface area contributed by atoms with Crippen molar-refractivity contribution >= 4 is 27.5 Å². The molecule has 0 unspecified atom stereocenters. The molecule has 0 saturated heterocycles. The summed E-state index contributed by atoms with van der Waals surface area (Å²) in [5.41, 5.74) is 0.886. The van der Waals surface area contributed by atoms with Crippen LogP contribution in [0.2, 0.25) is 5.02 Å². The van der Waals surface area contributed by atoms with E-state index >= 15 is 0 Å². The van der Waals surface area contributed by atoms with Gasteiger partial charge in [0.1, 0.15) is 4.90 Å². The van der Waals surface area contributed by atoms with Gasteiger partial charge in [-0.2, -0.15) is 0 Å². The lowest BCUT2D eigenvalue weighted by atomic mass is 10.2. The zero-order valence-corrected chi connectivity index (χ0v) is 11.9. The second kappa shape index (κ2) is 4.61. The first-order valence-electron chi connectivity index (χ1n) is 5.91. The minimum absolute atomic E-state index is 0.0165. The number of carbonyl (C=O) groups excluding carboxylic acids is 1. The maximum atomic E-state index is 12.4. The van der Waals surface area contributed by atoms with E-state index in [1.165, 1.54) is 18.2 Å². The van der Waals surface area contributed by atoms with E-state index in [0.717, 1.165) is 9.87 Å². The van der Waals surface area contributed by atoms with Gasteiger partial charge < -0.3 is 0 Å². The van der Waals surface area contributed by atoms with Gasteiger partial charge in [0.05, 0.1) is 12.1 Å². The number of halogens is 1. The molecule has 1 amide bonds. The summed E-state index contributed by atoms with van der Waals surface area (Å²) in [5.74, 6) is -0.536. The van der Waals surface area contributed by atoms with Crippen molar-refractivity contribution in [3.63, 3.8) is 0 Å². The number of hydrogen-bond donors (Lipinski definition) is 0. The van der Waals surface area contributed by atoms with Crippen molar-refractivity contribution in [3.05, 3.63) is 64.7 Å². The lowest BCUT2D eigenvalue weighted by molar-refractivity contribution is 0.0865. The Morgan fingerprint density at radius 1 is 1.05 bits per heavy atom. The molecule has 102 valence electrons. The van der Waals surface area contributed by atoms with Gasteiger partial charge in [0, 0.05) is 5.02 Å². The van der Waals surface area contributed by atoms with E-state index in [1.807, 2.05) is 6.07 Å². The zero-order valence-electron chi connectivity index (χ0n) is 10.3. The van der Waals surface area contributed by atoms with Crippen LogP contribution in [0.15, 0.2) is 53.4 Å². The van der Waals surface area contributed by atoms with Crippen molar-refractivity contribution in [1.29, 1.82) is 0 Å². The van der Waals surface area contributed by atoms with Crippen LogP contribution < -0.4 is 0 Å². The zero-order chi connectivity index (χ0) is 14.3. The fourth-order valence-electron chi connectivity index (χ4n) is 2.16. The van der Waals surface area contributed by atoms with Gasteiger partial charge in [-0.1, -0.05) is 41.9 Å². The number of sulfonamides is 1. The smallest absolute Gasteiger partial charge is 0.268 e. The average Bonchev–Trinajstić information content (AvgIpc) is 2.61. The normalized spacial score (nSPS) is 16.2. The van der Waals surface area contributed by atoms with Gasteiger partial charge >= 0.3 is 0 Å². The molecule has 0 saturated carbocycles. The van der Waals surface area contributed by atoms with Crippen LogP contribution in [0.25, 0.3) is 0 Å². The molecule has 0 radical (unpaired) electrons. The second-order valence-electron chi connectivity index (χ2n) is 4.44. The van der Waals surface area contributed by atoms with Crippen molar-refractivity contribution in [1.82, 2.24) is 4.31 Å². The SMILES string of the molecule is O=C1c2cc(Cl)ccc2S(=O)(=O)N1Cc1ccccc1. The number of fused-ring (bicyclic) bond motifs is 1. The Hall–Kier alpha value is -1.85. The Bertz CT molecular complexity index is 787. The Labute approximate surface area is 121 Å². The van der Waals surface area contributed by atoms with Gasteiger partial charge in [-0.25, -0.2) is 12.7 Å². The summed E-state index contributed by atoms with van der Waals surface area (Å²) in [5, 5.41) is 0.342. The standard InChI is InChI=1S/C14H10ClNO3S/c15-11-6-7-13-12(8-11)14(17)16(20(13,18)19)9-10-4-2-1-3-5-10/h1-8H,9H2. The quantitative estimate of drug-likeness (QED) is 0.857. The van der Waals surface area contributed by atoms with Gasteiger partial charge in [-0.3, -0.25) is 4.79 Å². The molecule has 0 atom stereocenters. The molecule has 2 aromatic carbocycles. The lowest BCUT2D eigenvalue weighted by Gasteiger charge is -2.14. The Kier molecular flexibility index (Phi) is 3.03. The van der Waals surface area contributed by atoms with Crippen molar-refractivity contribution in [3.8, 4) is 0 Å². The van der Waals surface area contributed by atoms with Crippen LogP contribution in [0.4, 0.5) is 0 Å². The molecule has 6 heteroatoms. The summed E-state index contributed by atoms with van der Waals surface area (Å²) in [4.78, 5) is 12.3. The van der Waals surface area contributed by atoms with Crippen LogP contribution in [-0.2, 0) is 16.6 Å². The summed E-state index contributed by atoms with van der Waals surface area (Å²) >= 11 is 5.82. The van der Waals surface area contributed by atoms with E-state index in [2.05, 4.69) is 0 Å². The van der Waals surface area contributed by atoms with E-state index in [4.69, 9.17) is 11.6 Å². The first kappa shape index (κ1) is 13.1. The fraction of sp³-hybridized carbons (Fsp3) is 0.0714. The van der Waals surface area contributed by atoms with E-state index in [0.29, 0.717) is 5.02 Å². The highest BCUT2D eigenvalue weighted by molar-refractivity contribution is 7.90. The summed E-state index contributed by atoms with van der Waals surface area (Å²) in [7, 11) is -3.79. The topological polar surface area (TPSA) is 54.5 Å². The van der Waals surface area contributed by atoms with Crippen molar-refractivity contribution < 1.29 is 13.2 Å². The van der Waals surface area contributed by atoms with Gasteiger partial charge in [-0.05, 0) is 23.8 Å². The second-order valence-corrected chi connectivity index (χ2v) is 6.71. The third-order valence-corrected chi connectivity index (χ3v) is 5.16. The molecule has 1 heterocycles. The molecule has 4 nitrogen and oxygen atoms in total. The van der Waals surface area contributed by atoms with Crippen molar-refractivity contribution in [2.75, 3.05) is 0 Å². The largest absolute Gasteiger partial charge is 0.269 e. The summed E-state index contributed by atoms with van der Waals surface area (Å²) < 4.78 is 25.6. The number of carbonyl (C=O) groups is 1. The minimum Gasteiger partial charge on any atom is -0.268 e. The van der Waals surface area contributed by atoms with E-state index < -0.39 is 15.9 Å². The molecule has 3 rings (SSSR count). The minimum atomic E-state index is -3.79. The van der Waals surface area contributed by atoms with Crippen LogP contribution in [0.5, 0.6) is 0 Å². The molecule has 0 spiro atoms. The molecule has 0 fully saturated rings. The molecule has 2 aromatic rings. The third-order valence-electron chi connectivity index (χ3n) is 3.14. The van der Waals surface area contributed by atoms with Gasteiger partial charge in [-0.15, -0.1) is 0 Å². The summed E-state index contributed by atoms with van der Waals surface area (Å²) in [6.07, 6.45) is 0. The lowest BCUT2D eigenvalue weighted by Crippen LogP contribution is -2.29. The molecule has 0 aliphatic carbocycles. The molecule has 0 aromatic heterocycles. The van der Waals surface area contributed by atoms with E-state index in [9.17, 15) is 13.2 Å².